The van der Waals surface area contributed by atoms with Crippen LogP contribution in [0.1, 0.15) is 26.7 Å². The van der Waals surface area contributed by atoms with Gasteiger partial charge in [-0.25, -0.2) is 0 Å². The van der Waals surface area contributed by atoms with Crippen LogP contribution in [0.25, 0.3) is 0 Å². The van der Waals surface area contributed by atoms with Crippen molar-refractivity contribution in [3.63, 3.8) is 0 Å². The van der Waals surface area contributed by atoms with Gasteiger partial charge in [-0.3, -0.25) is 0 Å². The van der Waals surface area contributed by atoms with Crippen molar-refractivity contribution in [1.82, 2.24) is 15.5 Å². The lowest BCUT2D eigenvalue weighted by atomic mass is 10.1. The smallest absolute Gasteiger partial charge is 0.318 e. The molecule has 0 radical (unpaired) electrons. The molecule has 0 atom stereocenters. The van der Waals surface area contributed by atoms with Crippen molar-refractivity contribution in [2.45, 2.75) is 32.9 Å². The van der Waals surface area contributed by atoms with Crippen molar-refractivity contribution in [2.75, 3.05) is 29.5 Å². The van der Waals surface area contributed by atoms with Crippen LogP contribution in [-0.2, 0) is 6.54 Å². The van der Waals surface area contributed by atoms with Gasteiger partial charge in [-0.1, -0.05) is 5.10 Å². The van der Waals surface area contributed by atoms with E-state index in [9.17, 15) is 0 Å². The molecule has 1 aliphatic rings. The Labute approximate surface area is 106 Å². The Kier molecular flexibility index (Phi) is 3.93. The molecule has 0 aromatic carbocycles. The van der Waals surface area contributed by atoms with E-state index in [0.29, 0.717) is 18.5 Å². The van der Waals surface area contributed by atoms with Crippen LogP contribution in [0.5, 0.6) is 0 Å². The summed E-state index contributed by atoms with van der Waals surface area (Å²) in [6.07, 6.45) is 0. The second-order valence-corrected chi connectivity index (χ2v) is 6.41. The first kappa shape index (κ1) is 12.7. The van der Waals surface area contributed by atoms with Gasteiger partial charge in [0.05, 0.1) is 6.54 Å². The fourth-order valence-corrected chi connectivity index (χ4v) is 2.44. The second kappa shape index (κ2) is 5.27. The standard InChI is InChI=1S/C11H20N4OS/c1-11(2,3)12-8-9-13-14-10(16-9)15-4-6-17-7-5-15/h12H,4-8H2,1-3H3. The molecule has 17 heavy (non-hydrogen) atoms. The number of hydrogen-bond donors (Lipinski definition) is 1. The van der Waals surface area contributed by atoms with Crippen molar-refractivity contribution < 1.29 is 4.42 Å². The Balaban J connectivity index is 1.91. The molecule has 0 spiro atoms. The fourth-order valence-electron chi connectivity index (χ4n) is 1.54. The lowest BCUT2D eigenvalue weighted by Crippen LogP contribution is -2.35. The zero-order valence-electron chi connectivity index (χ0n) is 10.7. The molecule has 0 amide bonds. The molecule has 0 saturated carbocycles. The highest BCUT2D eigenvalue weighted by molar-refractivity contribution is 7.99. The number of aromatic nitrogens is 2. The fraction of sp³-hybridized carbons (Fsp3) is 0.818. The van der Waals surface area contributed by atoms with Crippen molar-refractivity contribution in [1.29, 1.82) is 0 Å². The number of nitrogens with one attached hydrogen (secondary N) is 1. The van der Waals surface area contributed by atoms with E-state index in [1.54, 1.807) is 0 Å². The molecule has 5 nitrogen and oxygen atoms in total. The van der Waals surface area contributed by atoms with Crippen LogP contribution < -0.4 is 10.2 Å². The molecule has 0 unspecified atom stereocenters. The van der Waals surface area contributed by atoms with E-state index >= 15 is 0 Å². The molecular weight excluding hydrogens is 236 g/mol. The van der Waals surface area contributed by atoms with E-state index in [1.807, 2.05) is 11.8 Å². The van der Waals surface area contributed by atoms with E-state index in [0.717, 1.165) is 24.6 Å². The summed E-state index contributed by atoms with van der Waals surface area (Å²) in [5.41, 5.74) is 0.0659. The normalized spacial score (nSPS) is 17.5. The Hall–Kier alpha value is -0.750. The number of hydrogen-bond acceptors (Lipinski definition) is 6. The third kappa shape index (κ3) is 3.89. The minimum absolute atomic E-state index is 0.0659. The molecule has 1 fully saturated rings. The van der Waals surface area contributed by atoms with Gasteiger partial charge in [-0.15, -0.1) is 5.10 Å². The Bertz CT molecular complexity index is 355. The molecule has 1 saturated heterocycles. The predicted octanol–water partition coefficient (Wildman–Crippen LogP) is 1.51. The van der Waals surface area contributed by atoms with Gasteiger partial charge in [0, 0.05) is 30.1 Å². The van der Waals surface area contributed by atoms with Gasteiger partial charge in [-0.05, 0) is 20.8 Å². The first-order valence-corrected chi connectivity index (χ1v) is 7.10. The molecule has 6 heteroatoms. The monoisotopic (exact) mass is 256 g/mol. The number of anilines is 1. The summed E-state index contributed by atoms with van der Waals surface area (Å²) in [5.74, 6) is 2.93. The van der Waals surface area contributed by atoms with Crippen LogP contribution in [0.2, 0.25) is 0 Å². The summed E-state index contributed by atoms with van der Waals surface area (Å²) in [6, 6.07) is 0.663. The maximum atomic E-state index is 5.65. The van der Waals surface area contributed by atoms with Crippen LogP contribution >= 0.6 is 11.8 Å². The highest BCUT2D eigenvalue weighted by Gasteiger charge is 2.18. The highest BCUT2D eigenvalue weighted by atomic mass is 32.2. The predicted molar refractivity (Wildman–Crippen MR) is 70.4 cm³/mol. The van der Waals surface area contributed by atoms with Gasteiger partial charge < -0.3 is 14.6 Å². The van der Waals surface area contributed by atoms with Crippen LogP contribution in [-0.4, -0.2) is 40.3 Å². The Morgan fingerprint density at radius 1 is 1.29 bits per heavy atom. The van der Waals surface area contributed by atoms with Crippen LogP contribution in [0.4, 0.5) is 6.01 Å². The van der Waals surface area contributed by atoms with Gasteiger partial charge in [-0.2, -0.15) is 11.8 Å². The lowest BCUT2D eigenvalue weighted by molar-refractivity contribution is 0.381. The van der Waals surface area contributed by atoms with E-state index in [4.69, 9.17) is 4.42 Å². The Morgan fingerprint density at radius 3 is 2.65 bits per heavy atom. The number of thioether (sulfide) groups is 1. The zero-order valence-corrected chi connectivity index (χ0v) is 11.5. The Morgan fingerprint density at radius 2 is 2.00 bits per heavy atom. The minimum atomic E-state index is 0.0659. The van der Waals surface area contributed by atoms with E-state index in [2.05, 4.69) is 41.2 Å². The first-order chi connectivity index (χ1) is 8.04. The maximum absolute atomic E-state index is 5.65. The third-order valence-electron chi connectivity index (χ3n) is 2.51. The van der Waals surface area contributed by atoms with Crippen molar-refractivity contribution in [2.24, 2.45) is 0 Å². The SMILES string of the molecule is CC(C)(C)NCc1nnc(N2CCSCC2)o1. The van der Waals surface area contributed by atoms with Gasteiger partial charge in [0.25, 0.3) is 0 Å². The highest BCUT2D eigenvalue weighted by Crippen LogP contribution is 2.17. The average molecular weight is 256 g/mol. The third-order valence-corrected chi connectivity index (χ3v) is 3.45. The molecule has 1 aromatic heterocycles. The largest absolute Gasteiger partial charge is 0.407 e. The minimum Gasteiger partial charge on any atom is -0.407 e. The van der Waals surface area contributed by atoms with Crippen LogP contribution in [0.3, 0.4) is 0 Å². The molecule has 1 N–H and O–H groups in total. The first-order valence-electron chi connectivity index (χ1n) is 5.95. The summed E-state index contributed by atoms with van der Waals surface area (Å²) in [4.78, 5) is 2.16. The molecule has 2 rings (SSSR count). The molecule has 2 heterocycles. The molecule has 0 aliphatic carbocycles. The summed E-state index contributed by atoms with van der Waals surface area (Å²) in [7, 11) is 0. The number of nitrogens with zero attached hydrogens (tertiary/aromatic N) is 3. The van der Waals surface area contributed by atoms with Crippen LogP contribution in [0.15, 0.2) is 4.42 Å². The second-order valence-electron chi connectivity index (χ2n) is 5.18. The maximum Gasteiger partial charge on any atom is 0.318 e. The zero-order chi connectivity index (χ0) is 12.3. The summed E-state index contributed by atoms with van der Waals surface area (Å²) >= 11 is 1.97. The van der Waals surface area contributed by atoms with Crippen molar-refractivity contribution in [3.05, 3.63) is 5.89 Å². The van der Waals surface area contributed by atoms with Crippen molar-refractivity contribution >= 4 is 17.8 Å². The topological polar surface area (TPSA) is 54.2 Å². The molecule has 1 aliphatic heterocycles. The van der Waals surface area contributed by atoms with Crippen molar-refractivity contribution in [3.8, 4) is 0 Å². The molecular formula is C11H20N4OS. The lowest BCUT2D eigenvalue weighted by Gasteiger charge is -2.23. The van der Waals surface area contributed by atoms with Gasteiger partial charge in [0.15, 0.2) is 0 Å². The molecule has 1 aromatic rings. The molecule has 96 valence electrons. The number of rotatable bonds is 3. The molecule has 0 bridgehead atoms. The van der Waals surface area contributed by atoms with Gasteiger partial charge in [0.2, 0.25) is 5.89 Å². The summed E-state index contributed by atoms with van der Waals surface area (Å²) in [6.45, 7) is 8.97. The summed E-state index contributed by atoms with van der Waals surface area (Å²) in [5, 5.41) is 11.5. The van der Waals surface area contributed by atoms with E-state index < -0.39 is 0 Å². The van der Waals surface area contributed by atoms with Gasteiger partial charge >= 0.3 is 6.01 Å². The summed E-state index contributed by atoms with van der Waals surface area (Å²) < 4.78 is 5.65. The van der Waals surface area contributed by atoms with E-state index in [-0.39, 0.29) is 5.54 Å². The van der Waals surface area contributed by atoms with Crippen LogP contribution in [0, 0.1) is 0 Å². The van der Waals surface area contributed by atoms with Gasteiger partial charge in [0.1, 0.15) is 0 Å². The quantitative estimate of drug-likeness (QED) is 0.884. The van der Waals surface area contributed by atoms with E-state index in [1.165, 1.54) is 0 Å². The average Bonchev–Trinajstić information content (AvgIpc) is 2.75.